The number of carbonyl (C=O) groups excluding carboxylic acids is 2. The minimum absolute atomic E-state index is 0.298. The summed E-state index contributed by atoms with van der Waals surface area (Å²) in [7, 11) is 0. The number of nitrogens with one attached hydrogen (secondary N) is 2. The quantitative estimate of drug-likeness (QED) is 0.540. The summed E-state index contributed by atoms with van der Waals surface area (Å²) >= 11 is 3.40. The number of nitrogens with zero attached hydrogens (tertiary/aromatic N) is 2. The first-order valence-corrected chi connectivity index (χ1v) is 9.26. The fraction of sp³-hybridized carbons (Fsp3) is 0.158. The van der Waals surface area contributed by atoms with E-state index in [2.05, 4.69) is 31.5 Å². The Labute approximate surface area is 168 Å². The number of carboxylic acids is 1. The molecule has 0 aliphatic heterocycles. The zero-order valence-corrected chi connectivity index (χ0v) is 16.5. The Kier molecular flexibility index (Phi) is 5.74. The van der Waals surface area contributed by atoms with Crippen LogP contribution in [-0.2, 0) is 11.2 Å². The van der Waals surface area contributed by atoms with Crippen molar-refractivity contribution in [3.63, 3.8) is 0 Å². The third-order valence-corrected chi connectivity index (χ3v) is 4.48. The summed E-state index contributed by atoms with van der Waals surface area (Å²) < 4.78 is 2.55. The lowest BCUT2D eigenvalue weighted by Gasteiger charge is -2.08. The SMILES string of the molecule is CCc1nc2ccc(Br)cn2c1C(=O)Nc1ccc(C(=O)NCC(=O)O)cc1. The molecule has 0 saturated heterocycles. The summed E-state index contributed by atoms with van der Waals surface area (Å²) in [5.41, 5.74) is 2.61. The number of hydrogen-bond donors (Lipinski definition) is 3. The number of carbonyl (C=O) groups is 3. The van der Waals surface area contributed by atoms with Gasteiger partial charge in [0.15, 0.2) is 0 Å². The van der Waals surface area contributed by atoms with Gasteiger partial charge in [-0.2, -0.15) is 0 Å². The van der Waals surface area contributed by atoms with Crippen molar-refractivity contribution >= 4 is 45.0 Å². The number of halogens is 1. The average Bonchev–Trinajstić information content (AvgIpc) is 3.04. The second-order valence-corrected chi connectivity index (χ2v) is 6.86. The van der Waals surface area contributed by atoms with E-state index in [0.29, 0.717) is 34.7 Å². The van der Waals surface area contributed by atoms with Gasteiger partial charge >= 0.3 is 5.97 Å². The van der Waals surface area contributed by atoms with Crippen molar-refractivity contribution < 1.29 is 19.5 Å². The summed E-state index contributed by atoms with van der Waals surface area (Å²) in [6.45, 7) is 1.47. The molecule has 28 heavy (non-hydrogen) atoms. The Morgan fingerprint density at radius 3 is 2.46 bits per heavy atom. The van der Waals surface area contributed by atoms with Crippen LogP contribution >= 0.6 is 15.9 Å². The number of aliphatic carboxylic acids is 1. The largest absolute Gasteiger partial charge is 0.480 e. The third kappa shape index (κ3) is 4.20. The van der Waals surface area contributed by atoms with Gasteiger partial charge in [0.25, 0.3) is 11.8 Å². The fourth-order valence-electron chi connectivity index (χ4n) is 2.71. The molecule has 0 spiro atoms. The molecule has 144 valence electrons. The Hall–Kier alpha value is -3.20. The van der Waals surface area contributed by atoms with E-state index in [1.807, 2.05) is 19.1 Å². The normalized spacial score (nSPS) is 10.6. The van der Waals surface area contributed by atoms with Crippen LogP contribution in [0.1, 0.15) is 33.5 Å². The van der Waals surface area contributed by atoms with Gasteiger partial charge in [-0.25, -0.2) is 4.98 Å². The second kappa shape index (κ2) is 8.22. The smallest absolute Gasteiger partial charge is 0.322 e. The monoisotopic (exact) mass is 444 g/mol. The molecule has 0 fully saturated rings. The number of hydrogen-bond acceptors (Lipinski definition) is 4. The van der Waals surface area contributed by atoms with Crippen molar-refractivity contribution in [2.24, 2.45) is 0 Å². The van der Waals surface area contributed by atoms with Crippen LogP contribution in [0.2, 0.25) is 0 Å². The van der Waals surface area contributed by atoms with Crippen molar-refractivity contribution in [2.45, 2.75) is 13.3 Å². The maximum absolute atomic E-state index is 12.8. The molecule has 2 aromatic heterocycles. The number of carboxylic acid groups (broad SMARTS) is 1. The highest BCUT2D eigenvalue weighted by molar-refractivity contribution is 9.10. The highest BCUT2D eigenvalue weighted by Gasteiger charge is 2.18. The lowest BCUT2D eigenvalue weighted by atomic mass is 10.2. The van der Waals surface area contributed by atoms with Crippen LogP contribution in [0.5, 0.6) is 0 Å². The molecule has 0 atom stereocenters. The lowest BCUT2D eigenvalue weighted by molar-refractivity contribution is -0.135. The lowest BCUT2D eigenvalue weighted by Crippen LogP contribution is -2.29. The molecular weight excluding hydrogens is 428 g/mol. The Morgan fingerprint density at radius 1 is 1.11 bits per heavy atom. The number of anilines is 1. The molecular formula is C19H17BrN4O4. The summed E-state index contributed by atoms with van der Waals surface area (Å²) in [6, 6.07) is 9.87. The van der Waals surface area contributed by atoms with E-state index >= 15 is 0 Å². The van der Waals surface area contributed by atoms with Gasteiger partial charge in [-0.15, -0.1) is 0 Å². The topological polar surface area (TPSA) is 113 Å². The molecule has 3 N–H and O–H groups in total. The van der Waals surface area contributed by atoms with Gasteiger partial charge in [0, 0.05) is 21.9 Å². The molecule has 0 aliphatic carbocycles. The molecule has 0 saturated carbocycles. The van der Waals surface area contributed by atoms with Gasteiger partial charge in [0.05, 0.1) is 5.69 Å². The summed E-state index contributed by atoms with van der Waals surface area (Å²) in [5.74, 6) is -1.94. The number of amides is 2. The average molecular weight is 445 g/mol. The number of aromatic nitrogens is 2. The van der Waals surface area contributed by atoms with E-state index < -0.39 is 18.4 Å². The van der Waals surface area contributed by atoms with Gasteiger partial charge < -0.3 is 15.7 Å². The van der Waals surface area contributed by atoms with Crippen molar-refractivity contribution in [1.82, 2.24) is 14.7 Å². The van der Waals surface area contributed by atoms with E-state index in [9.17, 15) is 14.4 Å². The highest BCUT2D eigenvalue weighted by Crippen LogP contribution is 2.19. The standard InChI is InChI=1S/C19H17BrN4O4/c1-2-14-17(24-10-12(20)5-8-15(24)23-14)19(28)22-13-6-3-11(4-7-13)18(27)21-9-16(25)26/h3-8,10H,2,9H2,1H3,(H,21,27)(H,22,28)(H,25,26). The first-order valence-electron chi connectivity index (χ1n) is 8.47. The van der Waals surface area contributed by atoms with E-state index in [0.717, 1.165) is 4.47 Å². The first-order chi connectivity index (χ1) is 13.4. The minimum Gasteiger partial charge on any atom is -0.480 e. The van der Waals surface area contributed by atoms with Gasteiger partial charge in [-0.1, -0.05) is 6.92 Å². The van der Waals surface area contributed by atoms with Crippen LogP contribution in [0, 0.1) is 0 Å². The van der Waals surface area contributed by atoms with E-state index in [1.165, 1.54) is 12.1 Å². The molecule has 1 aromatic carbocycles. The first kappa shape index (κ1) is 19.6. The Balaban J connectivity index is 1.80. The van der Waals surface area contributed by atoms with E-state index in [-0.39, 0.29) is 5.91 Å². The Morgan fingerprint density at radius 2 is 1.82 bits per heavy atom. The van der Waals surface area contributed by atoms with Gasteiger partial charge in [0.2, 0.25) is 0 Å². The summed E-state index contributed by atoms with van der Waals surface area (Å²) in [6.07, 6.45) is 2.39. The fourth-order valence-corrected chi connectivity index (χ4v) is 3.04. The minimum atomic E-state index is -1.12. The maximum atomic E-state index is 12.8. The van der Waals surface area contributed by atoms with Crippen LogP contribution in [0.4, 0.5) is 5.69 Å². The van der Waals surface area contributed by atoms with Gasteiger partial charge in [-0.3, -0.25) is 18.8 Å². The molecule has 0 unspecified atom stereocenters. The van der Waals surface area contributed by atoms with E-state index in [1.54, 1.807) is 22.7 Å². The zero-order valence-electron chi connectivity index (χ0n) is 14.9. The highest BCUT2D eigenvalue weighted by atomic mass is 79.9. The molecule has 0 bridgehead atoms. The van der Waals surface area contributed by atoms with Crippen LogP contribution in [0.3, 0.4) is 0 Å². The van der Waals surface area contributed by atoms with Crippen LogP contribution in [-0.4, -0.2) is 38.8 Å². The van der Waals surface area contributed by atoms with Gasteiger partial charge in [0.1, 0.15) is 17.9 Å². The van der Waals surface area contributed by atoms with Crippen molar-refractivity contribution in [3.05, 3.63) is 64.0 Å². The number of aryl methyl sites for hydroxylation is 1. The molecule has 0 aliphatic rings. The molecule has 0 radical (unpaired) electrons. The maximum Gasteiger partial charge on any atom is 0.322 e. The molecule has 2 heterocycles. The van der Waals surface area contributed by atoms with Crippen LogP contribution in [0.15, 0.2) is 47.1 Å². The third-order valence-electron chi connectivity index (χ3n) is 4.01. The van der Waals surface area contributed by atoms with Crippen LogP contribution in [0.25, 0.3) is 5.65 Å². The molecule has 2 amide bonds. The molecule has 9 heteroatoms. The number of fused-ring (bicyclic) bond motifs is 1. The summed E-state index contributed by atoms with van der Waals surface area (Å²) in [5, 5.41) is 13.7. The number of imidazole rings is 1. The number of benzene rings is 1. The predicted octanol–water partition coefficient (Wildman–Crippen LogP) is 2.73. The number of pyridine rings is 1. The zero-order chi connectivity index (χ0) is 20.3. The Bertz CT molecular complexity index is 1060. The predicted molar refractivity (Wildman–Crippen MR) is 107 cm³/mol. The summed E-state index contributed by atoms with van der Waals surface area (Å²) in [4.78, 5) is 39.7. The van der Waals surface area contributed by atoms with Crippen molar-refractivity contribution in [2.75, 3.05) is 11.9 Å². The second-order valence-electron chi connectivity index (χ2n) is 5.94. The van der Waals surface area contributed by atoms with Crippen LogP contribution < -0.4 is 10.6 Å². The van der Waals surface area contributed by atoms with E-state index in [4.69, 9.17) is 5.11 Å². The molecule has 3 aromatic rings. The van der Waals surface area contributed by atoms with Crippen molar-refractivity contribution in [3.8, 4) is 0 Å². The number of rotatable bonds is 6. The molecule has 3 rings (SSSR count). The van der Waals surface area contributed by atoms with Crippen molar-refractivity contribution in [1.29, 1.82) is 0 Å². The van der Waals surface area contributed by atoms with Gasteiger partial charge in [-0.05, 0) is 58.7 Å². The molecule has 8 nitrogen and oxygen atoms in total.